The number of piperidine rings is 1. The van der Waals surface area contributed by atoms with Crippen molar-refractivity contribution in [2.24, 2.45) is 5.92 Å². The van der Waals surface area contributed by atoms with E-state index in [1.165, 1.54) is 38.9 Å². The van der Waals surface area contributed by atoms with Crippen molar-refractivity contribution in [3.63, 3.8) is 0 Å². The van der Waals surface area contributed by atoms with Gasteiger partial charge in [0, 0.05) is 6.54 Å². The van der Waals surface area contributed by atoms with Crippen LogP contribution in [-0.4, -0.2) is 31.1 Å². The summed E-state index contributed by atoms with van der Waals surface area (Å²) in [5, 5.41) is 3.49. The summed E-state index contributed by atoms with van der Waals surface area (Å²) in [6.45, 7) is 7.83. The first-order valence-corrected chi connectivity index (χ1v) is 7.74. The molecule has 3 nitrogen and oxygen atoms in total. The zero-order chi connectivity index (χ0) is 12.8. The Balaban J connectivity index is 1.88. The molecule has 102 valence electrons. The molecule has 1 aliphatic heterocycles. The van der Waals surface area contributed by atoms with Gasteiger partial charge in [-0.25, -0.2) is 0 Å². The van der Waals surface area contributed by atoms with E-state index in [4.69, 9.17) is 4.42 Å². The van der Waals surface area contributed by atoms with Crippen LogP contribution in [0.5, 0.6) is 0 Å². The molecule has 1 fully saturated rings. The molecule has 1 aliphatic rings. The number of hydrogen-bond acceptors (Lipinski definition) is 3. The van der Waals surface area contributed by atoms with Crippen molar-refractivity contribution >= 4 is 15.9 Å². The van der Waals surface area contributed by atoms with Crippen LogP contribution in [0.3, 0.4) is 0 Å². The highest BCUT2D eigenvalue weighted by Crippen LogP contribution is 2.21. The fraction of sp³-hybridized carbons (Fsp3) is 0.714. The van der Waals surface area contributed by atoms with Gasteiger partial charge in [-0.1, -0.05) is 6.92 Å². The molecule has 0 amide bonds. The van der Waals surface area contributed by atoms with Gasteiger partial charge in [-0.2, -0.15) is 0 Å². The second-order valence-corrected chi connectivity index (χ2v) is 5.99. The number of furan rings is 1. The third-order valence-electron chi connectivity index (χ3n) is 3.51. The topological polar surface area (TPSA) is 28.4 Å². The van der Waals surface area contributed by atoms with E-state index in [-0.39, 0.29) is 0 Å². The van der Waals surface area contributed by atoms with E-state index in [0.717, 1.165) is 29.2 Å². The summed E-state index contributed by atoms with van der Waals surface area (Å²) in [4.78, 5) is 2.52. The van der Waals surface area contributed by atoms with Gasteiger partial charge in [0.2, 0.25) is 0 Å². The molecule has 1 aromatic rings. The summed E-state index contributed by atoms with van der Waals surface area (Å²) in [6, 6.07) is 1.97. The quantitative estimate of drug-likeness (QED) is 0.873. The van der Waals surface area contributed by atoms with Gasteiger partial charge >= 0.3 is 0 Å². The third-order valence-corrected chi connectivity index (χ3v) is 4.22. The van der Waals surface area contributed by atoms with Crippen LogP contribution in [0.1, 0.15) is 31.9 Å². The van der Waals surface area contributed by atoms with E-state index < -0.39 is 0 Å². The van der Waals surface area contributed by atoms with Crippen molar-refractivity contribution < 1.29 is 4.42 Å². The van der Waals surface area contributed by atoms with Crippen molar-refractivity contribution in [3.8, 4) is 0 Å². The molecule has 1 saturated heterocycles. The predicted molar refractivity (Wildman–Crippen MR) is 77.6 cm³/mol. The van der Waals surface area contributed by atoms with Crippen LogP contribution in [0.25, 0.3) is 0 Å². The maximum Gasteiger partial charge on any atom is 0.131 e. The van der Waals surface area contributed by atoms with Crippen molar-refractivity contribution in [3.05, 3.63) is 22.6 Å². The molecule has 0 saturated carbocycles. The minimum absolute atomic E-state index is 0.791. The van der Waals surface area contributed by atoms with Gasteiger partial charge in [0.25, 0.3) is 0 Å². The minimum atomic E-state index is 0.791. The van der Waals surface area contributed by atoms with Crippen LogP contribution < -0.4 is 5.32 Å². The van der Waals surface area contributed by atoms with E-state index in [2.05, 4.69) is 33.1 Å². The predicted octanol–water partition coefficient (Wildman–Crippen LogP) is 3.25. The molecule has 2 heterocycles. The smallest absolute Gasteiger partial charge is 0.131 e. The van der Waals surface area contributed by atoms with Crippen LogP contribution in [-0.2, 0) is 6.54 Å². The molecule has 1 aromatic heterocycles. The Hall–Kier alpha value is -0.320. The number of rotatable bonds is 6. The first-order valence-electron chi connectivity index (χ1n) is 6.94. The van der Waals surface area contributed by atoms with Crippen LogP contribution in [0.4, 0.5) is 0 Å². The Morgan fingerprint density at radius 1 is 1.56 bits per heavy atom. The van der Waals surface area contributed by atoms with Crippen molar-refractivity contribution in [1.29, 1.82) is 0 Å². The number of hydrogen-bond donors (Lipinski definition) is 1. The van der Waals surface area contributed by atoms with Crippen LogP contribution in [0.2, 0.25) is 0 Å². The highest BCUT2D eigenvalue weighted by molar-refractivity contribution is 9.10. The third kappa shape index (κ3) is 4.11. The van der Waals surface area contributed by atoms with Crippen LogP contribution in [0.15, 0.2) is 21.2 Å². The summed E-state index contributed by atoms with van der Waals surface area (Å²) >= 11 is 3.54. The first kappa shape index (κ1) is 14.1. The highest BCUT2D eigenvalue weighted by atomic mass is 79.9. The molecule has 0 spiro atoms. The van der Waals surface area contributed by atoms with Crippen molar-refractivity contribution in [2.45, 2.75) is 32.7 Å². The lowest BCUT2D eigenvalue weighted by molar-refractivity contribution is 0.189. The summed E-state index contributed by atoms with van der Waals surface area (Å²) in [5.74, 6) is 1.84. The Morgan fingerprint density at radius 2 is 2.44 bits per heavy atom. The normalized spacial score (nSPS) is 20.5. The molecular formula is C14H23BrN2O. The zero-order valence-electron chi connectivity index (χ0n) is 11.1. The van der Waals surface area contributed by atoms with Crippen LogP contribution >= 0.6 is 15.9 Å². The molecule has 4 heteroatoms. The van der Waals surface area contributed by atoms with Crippen LogP contribution in [0, 0.1) is 5.92 Å². The highest BCUT2D eigenvalue weighted by Gasteiger charge is 2.18. The average Bonchev–Trinajstić information content (AvgIpc) is 2.77. The molecular weight excluding hydrogens is 292 g/mol. The molecule has 0 radical (unpaired) electrons. The second-order valence-electron chi connectivity index (χ2n) is 5.14. The van der Waals surface area contributed by atoms with Gasteiger partial charge in [-0.15, -0.1) is 0 Å². The van der Waals surface area contributed by atoms with E-state index in [9.17, 15) is 0 Å². The molecule has 0 aliphatic carbocycles. The summed E-state index contributed by atoms with van der Waals surface area (Å²) in [6.07, 6.45) is 5.62. The Labute approximate surface area is 118 Å². The fourth-order valence-corrected chi connectivity index (χ4v) is 2.96. The second kappa shape index (κ2) is 7.31. The molecule has 0 aromatic carbocycles. The maximum absolute atomic E-state index is 5.53. The first-order chi connectivity index (χ1) is 8.79. The van der Waals surface area contributed by atoms with Gasteiger partial charge < -0.3 is 9.73 Å². The molecule has 1 N–H and O–H groups in total. The van der Waals surface area contributed by atoms with E-state index in [1.54, 1.807) is 6.26 Å². The summed E-state index contributed by atoms with van der Waals surface area (Å²) in [5.41, 5.74) is 0. The molecule has 2 rings (SSSR count). The zero-order valence-corrected chi connectivity index (χ0v) is 12.7. The monoisotopic (exact) mass is 314 g/mol. The summed E-state index contributed by atoms with van der Waals surface area (Å²) in [7, 11) is 0. The van der Waals surface area contributed by atoms with Gasteiger partial charge in [-0.05, 0) is 66.8 Å². The number of nitrogens with one attached hydrogen (secondary N) is 1. The fourth-order valence-electron chi connectivity index (χ4n) is 2.64. The van der Waals surface area contributed by atoms with Gasteiger partial charge in [0.05, 0.1) is 17.3 Å². The molecule has 0 bridgehead atoms. The lowest BCUT2D eigenvalue weighted by Gasteiger charge is -2.29. The maximum atomic E-state index is 5.53. The standard InChI is InChI=1S/C14H23BrN2O/c1-2-7-17(10-12-4-3-6-16-9-12)11-14-13(15)5-8-18-14/h5,8,12,16H,2-4,6-7,9-11H2,1H3. The molecule has 1 atom stereocenters. The van der Waals surface area contributed by atoms with Crippen molar-refractivity contribution in [2.75, 3.05) is 26.2 Å². The van der Waals surface area contributed by atoms with E-state index >= 15 is 0 Å². The van der Waals surface area contributed by atoms with Gasteiger partial charge in [0.1, 0.15) is 5.76 Å². The van der Waals surface area contributed by atoms with Gasteiger partial charge in [0.15, 0.2) is 0 Å². The minimum Gasteiger partial charge on any atom is -0.467 e. The average molecular weight is 315 g/mol. The molecule has 18 heavy (non-hydrogen) atoms. The van der Waals surface area contributed by atoms with Gasteiger partial charge in [-0.3, -0.25) is 4.90 Å². The van der Waals surface area contributed by atoms with E-state index in [0.29, 0.717) is 0 Å². The number of nitrogens with zero attached hydrogens (tertiary/aromatic N) is 1. The Bertz CT molecular complexity index is 347. The SMILES string of the molecule is CCCN(Cc1occc1Br)CC1CCCNC1. The largest absolute Gasteiger partial charge is 0.467 e. The lowest BCUT2D eigenvalue weighted by atomic mass is 9.99. The Kier molecular flexibility index (Phi) is 5.73. The van der Waals surface area contributed by atoms with E-state index in [1.807, 2.05) is 6.07 Å². The summed E-state index contributed by atoms with van der Waals surface area (Å²) < 4.78 is 6.61. The Morgan fingerprint density at radius 3 is 3.06 bits per heavy atom. The van der Waals surface area contributed by atoms with Crippen molar-refractivity contribution in [1.82, 2.24) is 10.2 Å². The molecule has 1 unspecified atom stereocenters. The lowest BCUT2D eigenvalue weighted by Crippen LogP contribution is -2.38. The number of halogens is 1.